The van der Waals surface area contributed by atoms with Crippen LogP contribution in [0.25, 0.3) is 22.3 Å². The number of pyridine rings is 2. The summed E-state index contributed by atoms with van der Waals surface area (Å²) in [4.78, 5) is 8.32. The van der Waals surface area contributed by atoms with E-state index in [2.05, 4.69) is 32.3 Å². The summed E-state index contributed by atoms with van der Waals surface area (Å²) in [6.07, 6.45) is 5.34. The summed E-state index contributed by atoms with van der Waals surface area (Å²) in [7, 11) is 0. The summed E-state index contributed by atoms with van der Waals surface area (Å²) in [5.41, 5.74) is 2.84. The van der Waals surface area contributed by atoms with Crippen molar-refractivity contribution in [3.05, 3.63) is 79.3 Å². The normalized spacial score (nSPS) is 9.90. The molecule has 0 bridgehead atoms. The van der Waals surface area contributed by atoms with Gasteiger partial charge in [-0.05, 0) is 30.3 Å². The van der Waals surface area contributed by atoms with E-state index in [1.807, 2.05) is 54.7 Å². The Balaban J connectivity index is 0.000000126. The molecule has 0 radical (unpaired) electrons. The molecule has 0 aliphatic rings. The molecule has 0 fully saturated rings. The van der Waals surface area contributed by atoms with Crippen LogP contribution in [-0.2, 0) is 0 Å². The van der Waals surface area contributed by atoms with E-state index in [4.69, 9.17) is 0 Å². The van der Waals surface area contributed by atoms with Crippen molar-refractivity contribution < 1.29 is 0 Å². The summed E-state index contributed by atoms with van der Waals surface area (Å²) in [6, 6.07) is 19.7. The Morgan fingerprint density at radius 1 is 0.667 bits per heavy atom. The minimum atomic E-state index is 0.880. The molecule has 4 aromatic rings. The van der Waals surface area contributed by atoms with E-state index in [1.165, 1.54) is 5.39 Å². The first-order valence-corrected chi connectivity index (χ1v) is 6.64. The zero-order valence-corrected chi connectivity index (χ0v) is 11.3. The minimum Gasteiger partial charge on any atom is -0.285 e. The molecule has 0 saturated carbocycles. The number of rotatable bonds is 1. The van der Waals surface area contributed by atoms with E-state index in [0.29, 0.717) is 0 Å². The van der Waals surface area contributed by atoms with E-state index in [1.54, 1.807) is 12.4 Å². The number of para-hydroxylation sites is 1. The number of aromatic nitrogens is 4. The first-order valence-electron chi connectivity index (χ1n) is 6.64. The van der Waals surface area contributed by atoms with Crippen LogP contribution in [-0.4, -0.2) is 20.2 Å². The maximum absolute atomic E-state index is 4.18. The van der Waals surface area contributed by atoms with Crippen LogP contribution in [0.1, 0.15) is 0 Å². The van der Waals surface area contributed by atoms with Gasteiger partial charge in [0.1, 0.15) is 5.69 Å². The lowest BCUT2D eigenvalue weighted by molar-refractivity contribution is 1.09. The fraction of sp³-hybridized carbons (Fsp3) is 0. The second-order valence-corrected chi connectivity index (χ2v) is 4.37. The zero-order chi connectivity index (χ0) is 14.3. The Bertz CT molecular complexity index is 730. The second-order valence-electron chi connectivity index (χ2n) is 4.37. The summed E-state index contributed by atoms with van der Waals surface area (Å²) < 4.78 is 0. The quantitative estimate of drug-likeness (QED) is 0.575. The van der Waals surface area contributed by atoms with Gasteiger partial charge in [-0.15, -0.1) is 0 Å². The SMILES string of the molecule is c1ccc(-c2cc[nH]n2)nc1.c1ccc2ncccc2c1. The van der Waals surface area contributed by atoms with Crippen molar-refractivity contribution in [1.82, 2.24) is 20.2 Å². The van der Waals surface area contributed by atoms with Crippen LogP contribution >= 0.6 is 0 Å². The lowest BCUT2D eigenvalue weighted by Crippen LogP contribution is -1.80. The Morgan fingerprint density at radius 2 is 1.48 bits per heavy atom. The molecule has 0 aliphatic carbocycles. The molecule has 4 nitrogen and oxygen atoms in total. The van der Waals surface area contributed by atoms with Crippen LogP contribution in [0.5, 0.6) is 0 Å². The Labute approximate surface area is 122 Å². The third-order valence-electron chi connectivity index (χ3n) is 2.94. The van der Waals surface area contributed by atoms with Gasteiger partial charge in [-0.25, -0.2) is 0 Å². The Kier molecular flexibility index (Phi) is 3.98. The number of H-pyrrole nitrogens is 1. The number of hydrogen-bond acceptors (Lipinski definition) is 3. The van der Waals surface area contributed by atoms with Gasteiger partial charge in [-0.3, -0.25) is 15.1 Å². The number of fused-ring (bicyclic) bond motifs is 1. The van der Waals surface area contributed by atoms with E-state index >= 15 is 0 Å². The predicted molar refractivity (Wildman–Crippen MR) is 83.6 cm³/mol. The predicted octanol–water partition coefficient (Wildman–Crippen LogP) is 3.71. The molecule has 4 heteroatoms. The maximum Gasteiger partial charge on any atom is 0.110 e. The van der Waals surface area contributed by atoms with Gasteiger partial charge in [0.05, 0.1) is 11.2 Å². The largest absolute Gasteiger partial charge is 0.285 e. The van der Waals surface area contributed by atoms with Crippen LogP contribution in [0, 0.1) is 0 Å². The van der Waals surface area contributed by atoms with Crippen LogP contribution in [0.15, 0.2) is 79.3 Å². The summed E-state index contributed by atoms with van der Waals surface area (Å²) in [5, 5.41) is 7.94. The number of benzene rings is 1. The number of nitrogens with zero attached hydrogens (tertiary/aromatic N) is 3. The van der Waals surface area contributed by atoms with Crippen molar-refractivity contribution >= 4 is 10.9 Å². The molecule has 1 N–H and O–H groups in total. The van der Waals surface area contributed by atoms with Gasteiger partial charge in [0.2, 0.25) is 0 Å². The van der Waals surface area contributed by atoms with Crippen molar-refractivity contribution in [2.24, 2.45) is 0 Å². The highest BCUT2D eigenvalue weighted by molar-refractivity contribution is 5.77. The standard InChI is InChI=1S/C9H7N.C8H7N3/c1-2-6-9-8(4-1)5-3-7-10-9;1-2-5-9-7(3-1)8-4-6-10-11-8/h1-7H;1-6H,(H,10,11). The monoisotopic (exact) mass is 274 g/mol. The molecule has 3 aromatic heterocycles. The van der Waals surface area contributed by atoms with Crippen LogP contribution in [0.2, 0.25) is 0 Å². The van der Waals surface area contributed by atoms with Crippen LogP contribution in [0.4, 0.5) is 0 Å². The number of aromatic amines is 1. The smallest absolute Gasteiger partial charge is 0.110 e. The maximum atomic E-state index is 4.18. The van der Waals surface area contributed by atoms with Crippen molar-refractivity contribution in [1.29, 1.82) is 0 Å². The topological polar surface area (TPSA) is 54.5 Å². The fourth-order valence-corrected chi connectivity index (χ4v) is 1.93. The average Bonchev–Trinajstić information content (AvgIpc) is 3.11. The molecule has 0 amide bonds. The first kappa shape index (κ1) is 13.0. The highest BCUT2D eigenvalue weighted by Crippen LogP contribution is 2.10. The van der Waals surface area contributed by atoms with Gasteiger partial charge in [0.25, 0.3) is 0 Å². The molecule has 0 aliphatic heterocycles. The highest BCUT2D eigenvalue weighted by Gasteiger charge is 1.97. The van der Waals surface area contributed by atoms with Crippen LogP contribution in [0.3, 0.4) is 0 Å². The molecular weight excluding hydrogens is 260 g/mol. The van der Waals surface area contributed by atoms with Gasteiger partial charge in [0.15, 0.2) is 0 Å². The van der Waals surface area contributed by atoms with Crippen molar-refractivity contribution in [3.8, 4) is 11.4 Å². The van der Waals surface area contributed by atoms with Gasteiger partial charge in [-0.1, -0.05) is 30.3 Å². The first-order chi connectivity index (χ1) is 10.4. The summed E-state index contributed by atoms with van der Waals surface area (Å²) in [6.45, 7) is 0. The molecule has 0 unspecified atom stereocenters. The van der Waals surface area contributed by atoms with Crippen molar-refractivity contribution in [2.45, 2.75) is 0 Å². The molecule has 0 spiro atoms. The van der Waals surface area contributed by atoms with E-state index in [0.717, 1.165) is 16.9 Å². The van der Waals surface area contributed by atoms with Gasteiger partial charge < -0.3 is 0 Å². The molecule has 0 saturated heterocycles. The van der Waals surface area contributed by atoms with Crippen molar-refractivity contribution in [3.63, 3.8) is 0 Å². The van der Waals surface area contributed by atoms with E-state index in [9.17, 15) is 0 Å². The molecule has 4 rings (SSSR count). The number of hydrogen-bond donors (Lipinski definition) is 1. The lowest BCUT2D eigenvalue weighted by Gasteiger charge is -1.91. The molecule has 102 valence electrons. The van der Waals surface area contributed by atoms with Crippen LogP contribution < -0.4 is 0 Å². The van der Waals surface area contributed by atoms with Crippen molar-refractivity contribution in [2.75, 3.05) is 0 Å². The molecule has 0 atom stereocenters. The molecule has 21 heavy (non-hydrogen) atoms. The third kappa shape index (κ3) is 3.30. The van der Waals surface area contributed by atoms with Gasteiger partial charge in [0, 0.05) is 24.0 Å². The molecular formula is C17H14N4. The molecule has 1 aromatic carbocycles. The van der Waals surface area contributed by atoms with Gasteiger partial charge >= 0.3 is 0 Å². The third-order valence-corrected chi connectivity index (χ3v) is 2.94. The van der Waals surface area contributed by atoms with E-state index in [-0.39, 0.29) is 0 Å². The zero-order valence-electron chi connectivity index (χ0n) is 11.3. The minimum absolute atomic E-state index is 0.880. The lowest BCUT2D eigenvalue weighted by atomic mass is 10.2. The Morgan fingerprint density at radius 3 is 2.24 bits per heavy atom. The Hall–Kier alpha value is -3.01. The molecule has 3 heterocycles. The fourth-order valence-electron chi connectivity index (χ4n) is 1.93. The summed E-state index contributed by atoms with van der Waals surface area (Å²) in [5.74, 6) is 0. The summed E-state index contributed by atoms with van der Waals surface area (Å²) >= 11 is 0. The second kappa shape index (κ2) is 6.43. The highest BCUT2D eigenvalue weighted by atomic mass is 15.1. The van der Waals surface area contributed by atoms with E-state index < -0.39 is 0 Å². The van der Waals surface area contributed by atoms with Gasteiger partial charge in [-0.2, -0.15) is 5.10 Å². The number of nitrogens with one attached hydrogen (secondary N) is 1. The average molecular weight is 274 g/mol.